The number of hydrogen-bond acceptors (Lipinski definition) is 3. The molecule has 0 aromatic heterocycles. The van der Waals surface area contributed by atoms with E-state index in [9.17, 15) is 9.59 Å². The number of rotatable bonds is 14. The summed E-state index contributed by atoms with van der Waals surface area (Å²) in [6, 6.07) is 0. The van der Waals surface area contributed by atoms with E-state index in [2.05, 4.69) is 13.8 Å². The van der Waals surface area contributed by atoms with Crippen molar-refractivity contribution in [2.75, 3.05) is 0 Å². The molecule has 0 saturated heterocycles. The molecule has 24 heavy (non-hydrogen) atoms. The van der Waals surface area contributed by atoms with Gasteiger partial charge in [0.15, 0.2) is 0 Å². The maximum Gasteiger partial charge on any atom is 0.309 e. The van der Waals surface area contributed by atoms with Gasteiger partial charge in [-0.2, -0.15) is 0 Å². The molecule has 0 amide bonds. The molecule has 0 aliphatic heterocycles. The molecule has 0 aromatic carbocycles. The molecule has 0 radical (unpaired) electrons. The van der Waals surface area contributed by atoms with E-state index in [1.165, 1.54) is 26.2 Å². The van der Waals surface area contributed by atoms with Crippen LogP contribution in [0.15, 0.2) is 0 Å². The zero-order valence-electron chi connectivity index (χ0n) is 16.4. The average molecular weight is 343 g/mol. The van der Waals surface area contributed by atoms with Crippen molar-refractivity contribution in [1.29, 1.82) is 0 Å². The van der Waals surface area contributed by atoms with Crippen LogP contribution in [0, 0.1) is 11.3 Å². The van der Waals surface area contributed by atoms with Crippen molar-refractivity contribution in [3.63, 3.8) is 0 Å². The minimum Gasteiger partial charge on any atom is -0.481 e. The Morgan fingerprint density at radius 1 is 0.917 bits per heavy atom. The van der Waals surface area contributed by atoms with Gasteiger partial charge in [0, 0.05) is 6.92 Å². The monoisotopic (exact) mass is 342 g/mol. The Hall–Kier alpha value is -1.06. The highest BCUT2D eigenvalue weighted by molar-refractivity contribution is 5.73. The summed E-state index contributed by atoms with van der Waals surface area (Å²) in [5.74, 6) is -0.180. The average Bonchev–Trinajstić information content (AvgIpc) is 2.44. The maximum absolute atomic E-state index is 11.2. The number of esters is 1. The molecule has 0 rings (SSSR count). The van der Waals surface area contributed by atoms with Gasteiger partial charge >= 0.3 is 11.9 Å². The first kappa shape index (κ1) is 22.9. The summed E-state index contributed by atoms with van der Waals surface area (Å²) >= 11 is 0. The fourth-order valence-electron chi connectivity index (χ4n) is 2.82. The van der Waals surface area contributed by atoms with Gasteiger partial charge in [-0.1, -0.05) is 46.0 Å². The van der Waals surface area contributed by atoms with Crippen molar-refractivity contribution in [1.82, 2.24) is 0 Å². The fourth-order valence-corrected chi connectivity index (χ4v) is 2.82. The summed E-state index contributed by atoms with van der Waals surface area (Å²) in [6.07, 6.45) is 10.2. The summed E-state index contributed by atoms with van der Waals surface area (Å²) in [7, 11) is 0. The predicted octanol–water partition coefficient (Wildman–Crippen LogP) is 5.59. The lowest BCUT2D eigenvalue weighted by molar-refractivity contribution is -0.148. The lowest BCUT2D eigenvalue weighted by Crippen LogP contribution is -2.23. The molecule has 1 unspecified atom stereocenters. The largest absolute Gasteiger partial charge is 0.481 e. The smallest absolute Gasteiger partial charge is 0.309 e. The number of aliphatic carboxylic acids is 1. The normalized spacial score (nSPS) is 13.1. The SMILES string of the molecule is CC(=O)OC(CCCCCC(C)C)CCCCCC(C)(C)C(=O)O. The molecular weight excluding hydrogens is 304 g/mol. The highest BCUT2D eigenvalue weighted by Gasteiger charge is 2.26. The minimum absolute atomic E-state index is 0.0223. The fraction of sp³-hybridized carbons (Fsp3) is 0.900. The second kappa shape index (κ2) is 12.3. The van der Waals surface area contributed by atoms with Crippen molar-refractivity contribution in [3.05, 3.63) is 0 Å². The molecule has 0 fully saturated rings. The van der Waals surface area contributed by atoms with Crippen LogP contribution in [0.5, 0.6) is 0 Å². The Balaban J connectivity index is 3.94. The summed E-state index contributed by atoms with van der Waals surface area (Å²) in [6.45, 7) is 9.50. The molecule has 0 saturated carbocycles. The molecule has 0 spiro atoms. The molecule has 0 heterocycles. The molecular formula is C20H38O4. The van der Waals surface area contributed by atoms with Gasteiger partial charge in [-0.05, 0) is 51.9 Å². The van der Waals surface area contributed by atoms with E-state index >= 15 is 0 Å². The van der Waals surface area contributed by atoms with Crippen LogP contribution in [0.25, 0.3) is 0 Å². The molecule has 142 valence electrons. The van der Waals surface area contributed by atoms with Crippen LogP contribution in [-0.4, -0.2) is 23.1 Å². The van der Waals surface area contributed by atoms with E-state index in [1.54, 1.807) is 13.8 Å². The van der Waals surface area contributed by atoms with Gasteiger partial charge in [-0.25, -0.2) is 0 Å². The molecule has 0 bridgehead atoms. The van der Waals surface area contributed by atoms with Gasteiger partial charge in [0.05, 0.1) is 5.41 Å². The molecule has 1 N–H and O–H groups in total. The number of carboxylic acid groups (broad SMARTS) is 1. The number of unbranched alkanes of at least 4 members (excludes halogenated alkanes) is 4. The Bertz CT molecular complexity index is 361. The summed E-state index contributed by atoms with van der Waals surface area (Å²) in [5, 5.41) is 9.10. The van der Waals surface area contributed by atoms with E-state index in [4.69, 9.17) is 9.84 Å². The minimum atomic E-state index is -0.735. The van der Waals surface area contributed by atoms with Crippen LogP contribution in [0.3, 0.4) is 0 Å². The van der Waals surface area contributed by atoms with Crippen LogP contribution in [-0.2, 0) is 14.3 Å². The van der Waals surface area contributed by atoms with Gasteiger partial charge in [0.25, 0.3) is 0 Å². The second-order valence-corrected chi connectivity index (χ2v) is 8.05. The quantitative estimate of drug-likeness (QED) is 0.330. The first-order chi connectivity index (χ1) is 11.1. The van der Waals surface area contributed by atoms with E-state index in [0.717, 1.165) is 44.4 Å². The molecule has 0 aliphatic carbocycles. The molecule has 0 aliphatic rings. The van der Waals surface area contributed by atoms with E-state index in [1.807, 2.05) is 0 Å². The third kappa shape index (κ3) is 12.4. The Labute approximate surface area is 148 Å². The van der Waals surface area contributed by atoms with Crippen LogP contribution < -0.4 is 0 Å². The van der Waals surface area contributed by atoms with Crippen molar-refractivity contribution in [3.8, 4) is 0 Å². The Morgan fingerprint density at radius 3 is 1.88 bits per heavy atom. The van der Waals surface area contributed by atoms with Crippen molar-refractivity contribution in [2.24, 2.45) is 11.3 Å². The zero-order chi connectivity index (χ0) is 18.6. The van der Waals surface area contributed by atoms with Gasteiger partial charge in [0.1, 0.15) is 6.10 Å². The third-order valence-electron chi connectivity index (χ3n) is 4.55. The lowest BCUT2D eigenvalue weighted by atomic mass is 9.87. The van der Waals surface area contributed by atoms with Gasteiger partial charge in [-0.3, -0.25) is 9.59 Å². The summed E-state index contributed by atoms with van der Waals surface area (Å²) in [5.41, 5.74) is -0.647. The maximum atomic E-state index is 11.2. The highest BCUT2D eigenvalue weighted by Crippen LogP contribution is 2.24. The van der Waals surface area contributed by atoms with Crippen LogP contribution in [0.4, 0.5) is 0 Å². The first-order valence-corrected chi connectivity index (χ1v) is 9.55. The zero-order valence-corrected chi connectivity index (χ0v) is 16.4. The first-order valence-electron chi connectivity index (χ1n) is 9.55. The van der Waals surface area contributed by atoms with E-state index in [0.29, 0.717) is 6.42 Å². The second-order valence-electron chi connectivity index (χ2n) is 8.05. The topological polar surface area (TPSA) is 63.6 Å². The Morgan fingerprint density at radius 2 is 1.42 bits per heavy atom. The van der Waals surface area contributed by atoms with Crippen molar-refractivity contribution < 1.29 is 19.4 Å². The van der Waals surface area contributed by atoms with Crippen LogP contribution in [0.1, 0.15) is 98.8 Å². The number of carboxylic acids is 1. The molecule has 1 atom stereocenters. The molecule has 0 aromatic rings. The number of carbonyl (C=O) groups excluding carboxylic acids is 1. The summed E-state index contributed by atoms with van der Waals surface area (Å²) in [4.78, 5) is 22.3. The predicted molar refractivity (Wildman–Crippen MR) is 98.0 cm³/mol. The van der Waals surface area contributed by atoms with Crippen LogP contribution >= 0.6 is 0 Å². The lowest BCUT2D eigenvalue weighted by Gasteiger charge is -2.19. The van der Waals surface area contributed by atoms with E-state index in [-0.39, 0.29) is 12.1 Å². The van der Waals surface area contributed by atoms with Crippen LogP contribution in [0.2, 0.25) is 0 Å². The number of ether oxygens (including phenoxy) is 1. The number of hydrogen-bond donors (Lipinski definition) is 1. The summed E-state index contributed by atoms with van der Waals surface area (Å²) < 4.78 is 5.43. The van der Waals surface area contributed by atoms with Gasteiger partial charge in [-0.15, -0.1) is 0 Å². The van der Waals surface area contributed by atoms with E-state index < -0.39 is 11.4 Å². The van der Waals surface area contributed by atoms with Gasteiger partial charge in [0.2, 0.25) is 0 Å². The highest BCUT2D eigenvalue weighted by atomic mass is 16.5. The Kier molecular flexibility index (Phi) is 11.8. The third-order valence-corrected chi connectivity index (χ3v) is 4.55. The molecule has 4 nitrogen and oxygen atoms in total. The van der Waals surface area contributed by atoms with Crippen molar-refractivity contribution in [2.45, 2.75) is 105 Å². The van der Waals surface area contributed by atoms with Crippen molar-refractivity contribution >= 4 is 11.9 Å². The van der Waals surface area contributed by atoms with Gasteiger partial charge < -0.3 is 9.84 Å². The number of carbonyl (C=O) groups is 2. The standard InChI is InChI=1S/C20H38O4/c1-16(2)12-8-6-9-13-18(24-17(3)21)14-10-7-11-15-20(4,5)19(22)23/h16,18H,6-15H2,1-5H3,(H,22,23). The molecule has 4 heteroatoms.